The molecule has 0 fully saturated rings. The second-order valence-corrected chi connectivity index (χ2v) is 5.35. The molecule has 0 spiro atoms. The van der Waals surface area contributed by atoms with Gasteiger partial charge in [0.15, 0.2) is 0 Å². The molecule has 0 heterocycles. The van der Waals surface area contributed by atoms with Crippen LogP contribution < -0.4 is 4.74 Å². The zero-order chi connectivity index (χ0) is 15.8. The van der Waals surface area contributed by atoms with E-state index in [2.05, 4.69) is 22.5 Å². The number of alkyl halides is 1. The Balaban J connectivity index is 2.79. The van der Waals surface area contributed by atoms with E-state index in [1.165, 1.54) is 6.08 Å². The van der Waals surface area contributed by atoms with Gasteiger partial charge in [0.25, 0.3) is 0 Å². The first kappa shape index (κ1) is 17.5. The number of carboxylic acid groups (broad SMARTS) is 1. The maximum Gasteiger partial charge on any atom is 0.336 e. The molecule has 1 aromatic rings. The van der Waals surface area contributed by atoms with Crippen LogP contribution in [0.2, 0.25) is 5.02 Å². The SMILES string of the molecule is C=C(COc1cc(Cl)ccc1C)/C(=C\C=C/CBr)C(=O)O. The van der Waals surface area contributed by atoms with Gasteiger partial charge >= 0.3 is 5.97 Å². The highest BCUT2D eigenvalue weighted by atomic mass is 79.9. The smallest absolute Gasteiger partial charge is 0.336 e. The lowest BCUT2D eigenvalue weighted by Crippen LogP contribution is -2.10. The third kappa shape index (κ3) is 5.78. The van der Waals surface area contributed by atoms with Gasteiger partial charge in [-0.3, -0.25) is 0 Å². The molecule has 0 aliphatic rings. The summed E-state index contributed by atoms with van der Waals surface area (Å²) in [5.74, 6) is -0.421. The molecule has 0 unspecified atom stereocenters. The van der Waals surface area contributed by atoms with Gasteiger partial charge in [-0.05, 0) is 36.3 Å². The van der Waals surface area contributed by atoms with Crippen LogP contribution in [0.1, 0.15) is 5.56 Å². The summed E-state index contributed by atoms with van der Waals surface area (Å²) >= 11 is 9.13. The summed E-state index contributed by atoms with van der Waals surface area (Å²) in [6.45, 7) is 5.74. The third-order valence-electron chi connectivity index (χ3n) is 2.65. The van der Waals surface area contributed by atoms with Crippen LogP contribution in [0.5, 0.6) is 5.75 Å². The maximum absolute atomic E-state index is 11.2. The zero-order valence-corrected chi connectivity index (χ0v) is 13.9. The Morgan fingerprint density at radius 3 is 2.86 bits per heavy atom. The van der Waals surface area contributed by atoms with Gasteiger partial charge in [-0.1, -0.05) is 52.3 Å². The Labute approximate surface area is 137 Å². The number of halogens is 2. The standard InChI is InChI=1S/C16H16BrClO3/c1-11-6-7-13(18)9-15(11)21-10-12(2)14(16(19)20)5-3-4-8-17/h3-7,9H,2,8,10H2,1H3,(H,19,20)/b4-3-,14-5+. The van der Waals surface area contributed by atoms with Crippen molar-refractivity contribution >= 4 is 33.5 Å². The van der Waals surface area contributed by atoms with Gasteiger partial charge in [-0.2, -0.15) is 0 Å². The molecule has 0 bridgehead atoms. The Morgan fingerprint density at radius 2 is 2.24 bits per heavy atom. The van der Waals surface area contributed by atoms with Crippen LogP contribution in [0, 0.1) is 6.92 Å². The number of carbonyl (C=O) groups is 1. The van der Waals surface area contributed by atoms with Gasteiger partial charge in [0.05, 0.1) is 5.57 Å². The summed E-state index contributed by atoms with van der Waals surface area (Å²) in [6.07, 6.45) is 4.95. The van der Waals surface area contributed by atoms with Crippen molar-refractivity contribution < 1.29 is 14.6 Å². The predicted molar refractivity (Wildman–Crippen MR) is 89.5 cm³/mol. The van der Waals surface area contributed by atoms with Gasteiger partial charge < -0.3 is 9.84 Å². The second-order valence-electron chi connectivity index (χ2n) is 4.27. The summed E-state index contributed by atoms with van der Waals surface area (Å²) in [4.78, 5) is 11.2. The van der Waals surface area contributed by atoms with E-state index in [-0.39, 0.29) is 12.2 Å². The first-order valence-corrected chi connectivity index (χ1v) is 7.68. The molecule has 0 atom stereocenters. The Kier molecular flexibility index (Phi) is 7.26. The lowest BCUT2D eigenvalue weighted by Gasteiger charge is -2.11. The number of allylic oxidation sites excluding steroid dienone is 3. The van der Waals surface area contributed by atoms with Crippen molar-refractivity contribution in [2.45, 2.75) is 6.92 Å². The summed E-state index contributed by atoms with van der Waals surface area (Å²) < 4.78 is 5.60. The number of aryl methyl sites for hydroxylation is 1. The molecule has 0 saturated carbocycles. The maximum atomic E-state index is 11.2. The van der Waals surface area contributed by atoms with Crippen LogP contribution in [0.15, 0.2) is 54.2 Å². The summed E-state index contributed by atoms with van der Waals surface area (Å²) in [6, 6.07) is 5.30. The van der Waals surface area contributed by atoms with Crippen LogP contribution in [0.25, 0.3) is 0 Å². The normalized spacial score (nSPS) is 11.7. The minimum absolute atomic E-state index is 0.0848. The Bertz CT molecular complexity index is 591. The first-order chi connectivity index (χ1) is 9.95. The molecular formula is C16H16BrClO3. The number of benzene rings is 1. The number of rotatable bonds is 7. The highest BCUT2D eigenvalue weighted by molar-refractivity contribution is 9.09. The van der Waals surface area contributed by atoms with Gasteiger partial charge in [-0.15, -0.1) is 0 Å². The van der Waals surface area contributed by atoms with Crippen LogP contribution in [-0.4, -0.2) is 23.0 Å². The molecule has 1 rings (SSSR count). The zero-order valence-electron chi connectivity index (χ0n) is 11.6. The van der Waals surface area contributed by atoms with Crippen LogP contribution in [0.3, 0.4) is 0 Å². The predicted octanol–water partition coefficient (Wildman–Crippen LogP) is 4.55. The average Bonchev–Trinajstić information content (AvgIpc) is 2.44. The fourth-order valence-electron chi connectivity index (χ4n) is 1.53. The average molecular weight is 372 g/mol. The fourth-order valence-corrected chi connectivity index (χ4v) is 1.91. The van der Waals surface area contributed by atoms with Gasteiger partial charge in [-0.25, -0.2) is 4.79 Å². The number of aliphatic carboxylic acids is 1. The molecule has 0 radical (unpaired) electrons. The largest absolute Gasteiger partial charge is 0.489 e. The van der Waals surface area contributed by atoms with E-state index in [1.54, 1.807) is 24.3 Å². The van der Waals surface area contributed by atoms with E-state index in [4.69, 9.17) is 16.3 Å². The highest BCUT2D eigenvalue weighted by Gasteiger charge is 2.12. The molecule has 21 heavy (non-hydrogen) atoms. The molecule has 5 heteroatoms. The molecule has 0 aliphatic carbocycles. The van der Waals surface area contributed by atoms with Crippen LogP contribution in [-0.2, 0) is 4.79 Å². The highest BCUT2D eigenvalue weighted by Crippen LogP contribution is 2.23. The van der Waals surface area contributed by atoms with Crippen molar-refractivity contribution in [2.24, 2.45) is 0 Å². The molecule has 1 N–H and O–H groups in total. The lowest BCUT2D eigenvalue weighted by atomic mass is 10.1. The molecule has 112 valence electrons. The number of hydrogen-bond donors (Lipinski definition) is 1. The summed E-state index contributed by atoms with van der Waals surface area (Å²) in [7, 11) is 0. The molecule has 0 aromatic heterocycles. The van der Waals surface area contributed by atoms with E-state index < -0.39 is 5.97 Å². The first-order valence-electron chi connectivity index (χ1n) is 6.19. The summed E-state index contributed by atoms with van der Waals surface area (Å²) in [5, 5.41) is 10.4. The third-order valence-corrected chi connectivity index (χ3v) is 3.26. The Morgan fingerprint density at radius 1 is 1.52 bits per heavy atom. The van der Waals surface area contributed by atoms with Gasteiger partial charge in [0.1, 0.15) is 12.4 Å². The van der Waals surface area contributed by atoms with Gasteiger partial charge in [0, 0.05) is 10.4 Å². The fraction of sp³-hybridized carbons (Fsp3) is 0.188. The van der Waals surface area contributed by atoms with E-state index >= 15 is 0 Å². The quantitative estimate of drug-likeness (QED) is 0.435. The van der Waals surface area contributed by atoms with Gasteiger partial charge in [0.2, 0.25) is 0 Å². The molecular weight excluding hydrogens is 356 g/mol. The second kappa shape index (κ2) is 8.70. The van der Waals surface area contributed by atoms with Crippen molar-refractivity contribution in [1.29, 1.82) is 0 Å². The molecule has 0 saturated heterocycles. The van der Waals surface area contributed by atoms with E-state index in [0.717, 1.165) is 5.56 Å². The minimum atomic E-state index is -1.04. The van der Waals surface area contributed by atoms with Crippen molar-refractivity contribution in [3.63, 3.8) is 0 Å². The Hall–Kier alpha value is -1.52. The van der Waals surface area contributed by atoms with E-state index in [1.807, 2.05) is 13.0 Å². The van der Waals surface area contributed by atoms with Crippen molar-refractivity contribution in [2.75, 3.05) is 11.9 Å². The topological polar surface area (TPSA) is 46.5 Å². The molecule has 3 nitrogen and oxygen atoms in total. The number of ether oxygens (including phenoxy) is 1. The van der Waals surface area contributed by atoms with Crippen LogP contribution >= 0.6 is 27.5 Å². The minimum Gasteiger partial charge on any atom is -0.489 e. The molecule has 0 aliphatic heterocycles. The number of carboxylic acids is 1. The monoisotopic (exact) mass is 370 g/mol. The molecule has 0 amide bonds. The van der Waals surface area contributed by atoms with Crippen molar-refractivity contribution in [3.8, 4) is 5.75 Å². The number of hydrogen-bond acceptors (Lipinski definition) is 2. The van der Waals surface area contributed by atoms with Crippen LogP contribution in [0.4, 0.5) is 0 Å². The summed E-state index contributed by atoms with van der Waals surface area (Å²) in [5.41, 5.74) is 1.43. The lowest BCUT2D eigenvalue weighted by molar-refractivity contribution is -0.132. The molecule has 1 aromatic carbocycles. The van der Waals surface area contributed by atoms with E-state index in [0.29, 0.717) is 21.7 Å². The van der Waals surface area contributed by atoms with Crippen molar-refractivity contribution in [3.05, 3.63) is 64.7 Å². The van der Waals surface area contributed by atoms with Crippen molar-refractivity contribution in [1.82, 2.24) is 0 Å². The van der Waals surface area contributed by atoms with E-state index in [9.17, 15) is 9.90 Å².